The monoisotopic (exact) mass is 233 g/mol. The van der Waals surface area contributed by atoms with Crippen molar-refractivity contribution in [3.63, 3.8) is 0 Å². The number of hydrogen-bond acceptors (Lipinski definition) is 4. The van der Waals surface area contributed by atoms with Crippen molar-refractivity contribution < 1.29 is 77.8 Å². The molecule has 0 saturated heterocycles. The molecule has 1 aromatic heterocycles. The number of aromatic nitrogens is 1. The molecule has 0 aromatic carbocycles. The Hall–Kier alpha value is 0.860. The molecule has 0 spiro atoms. The molecule has 1 unspecified atom stereocenters. The minimum Gasteiger partial charge on any atom is -0.768 e. The Morgan fingerprint density at radius 3 is 2.21 bits per heavy atom. The Kier molecular flexibility index (Phi) is 8.86. The Bertz CT molecular complexity index is 352. The van der Waals surface area contributed by atoms with Crippen molar-refractivity contribution in [1.29, 1.82) is 0 Å². The molecule has 0 N–H and O–H groups in total. The van der Waals surface area contributed by atoms with Gasteiger partial charge in [-0.2, -0.15) is 0 Å². The first-order valence-corrected chi connectivity index (χ1v) is 4.07. The molecule has 0 aliphatic rings. The molecule has 0 bridgehead atoms. The second kappa shape index (κ2) is 7.19. The van der Waals surface area contributed by atoms with Gasteiger partial charge in [-0.1, -0.05) is 0 Å². The number of carbonyl (C=O) groups is 1. The summed E-state index contributed by atoms with van der Waals surface area (Å²) in [6, 6.07) is 1.04. The quantitative estimate of drug-likeness (QED) is 0.375. The van der Waals surface area contributed by atoms with Gasteiger partial charge in [-0.15, -0.1) is 0 Å². The normalized spacial score (nSPS) is 11.0. The van der Waals surface area contributed by atoms with E-state index in [0.717, 1.165) is 6.07 Å². The van der Waals surface area contributed by atoms with E-state index in [1.54, 1.807) is 0 Å². The number of carbonyl (C=O) groups excluding carboxylic acids is 1. The maximum Gasteiger partial charge on any atom is 1.00 e. The molecule has 66 valence electrons. The predicted molar refractivity (Wildman–Crippen MR) is 36.9 cm³/mol. The van der Waals surface area contributed by atoms with Crippen LogP contribution in [0.25, 0.3) is 0 Å². The summed E-state index contributed by atoms with van der Waals surface area (Å²) in [5.41, 5.74) is -0.158. The number of rotatable bonds is 2. The molecule has 0 radical (unpaired) electrons. The van der Waals surface area contributed by atoms with E-state index >= 15 is 0 Å². The first-order chi connectivity index (χ1) is 5.52. The van der Waals surface area contributed by atoms with Crippen molar-refractivity contribution >= 4 is 17.0 Å². The molecule has 0 saturated carbocycles. The Morgan fingerprint density at radius 2 is 2.00 bits per heavy atom. The Morgan fingerprint density at radius 1 is 1.50 bits per heavy atom. The van der Waals surface area contributed by atoms with Gasteiger partial charge in [0.2, 0.25) is 0 Å². The maximum absolute atomic E-state index is 10.4. The van der Waals surface area contributed by atoms with Crippen molar-refractivity contribution in [2.24, 2.45) is 7.05 Å². The van der Waals surface area contributed by atoms with Crippen LogP contribution in [-0.2, 0) is 18.1 Å². The SMILES string of the molecule is Cn1cc(S(=O)[O-])cc1C(=O)[O-].[Na+].[Na+]. The molecular formula is C6H5NNa2O4S. The van der Waals surface area contributed by atoms with Crippen LogP contribution in [0.4, 0.5) is 0 Å². The molecule has 1 aromatic rings. The van der Waals surface area contributed by atoms with Crippen LogP contribution < -0.4 is 64.2 Å². The van der Waals surface area contributed by atoms with Crippen LogP contribution in [0.3, 0.4) is 0 Å². The maximum atomic E-state index is 10.4. The molecule has 5 nitrogen and oxygen atoms in total. The molecule has 0 fully saturated rings. The second-order valence-electron chi connectivity index (χ2n) is 2.19. The fourth-order valence-corrected chi connectivity index (χ4v) is 1.28. The van der Waals surface area contributed by atoms with Gasteiger partial charge in [-0.3, -0.25) is 4.21 Å². The van der Waals surface area contributed by atoms with Gasteiger partial charge in [-0.25, -0.2) is 0 Å². The van der Waals surface area contributed by atoms with Gasteiger partial charge in [0, 0.05) is 18.1 Å². The van der Waals surface area contributed by atoms with Crippen molar-refractivity contribution in [3.05, 3.63) is 18.0 Å². The molecule has 0 aliphatic carbocycles. The van der Waals surface area contributed by atoms with Gasteiger partial charge in [0.15, 0.2) is 0 Å². The second-order valence-corrected chi connectivity index (χ2v) is 3.13. The molecule has 0 aliphatic heterocycles. The van der Waals surface area contributed by atoms with E-state index in [9.17, 15) is 18.7 Å². The zero-order chi connectivity index (χ0) is 9.30. The molecule has 0 amide bonds. The van der Waals surface area contributed by atoms with Crippen molar-refractivity contribution in [3.8, 4) is 0 Å². The number of carboxylic acid groups (broad SMARTS) is 1. The standard InChI is InChI=1S/C6H7NO4S.2Na/c1-7-3-4(12(10)11)2-5(7)6(8)9;;/h2-3H,1H3,(H,8,9)(H,10,11);;/q;2*+1/p-2. The van der Waals surface area contributed by atoms with Crippen LogP contribution in [0.1, 0.15) is 10.5 Å². The number of aromatic carboxylic acids is 1. The Labute approximate surface area is 128 Å². The van der Waals surface area contributed by atoms with Gasteiger partial charge in [-0.05, 0) is 17.1 Å². The van der Waals surface area contributed by atoms with Crippen LogP contribution in [0.15, 0.2) is 17.2 Å². The van der Waals surface area contributed by atoms with Crippen LogP contribution in [0.5, 0.6) is 0 Å². The third-order valence-corrected chi connectivity index (χ3v) is 1.99. The molecule has 1 rings (SSSR count). The van der Waals surface area contributed by atoms with Gasteiger partial charge in [0.1, 0.15) is 0 Å². The topological polar surface area (TPSA) is 85.2 Å². The minimum atomic E-state index is -2.40. The molecule has 1 atom stereocenters. The summed E-state index contributed by atoms with van der Waals surface area (Å²) >= 11 is -2.40. The van der Waals surface area contributed by atoms with E-state index in [1.807, 2.05) is 0 Å². The average Bonchev–Trinajstić information content (AvgIpc) is 2.30. The van der Waals surface area contributed by atoms with E-state index in [-0.39, 0.29) is 69.7 Å². The zero-order valence-electron chi connectivity index (χ0n) is 8.14. The largest absolute Gasteiger partial charge is 1.00 e. The third-order valence-electron chi connectivity index (χ3n) is 1.38. The van der Waals surface area contributed by atoms with Crippen LogP contribution in [-0.4, -0.2) is 19.3 Å². The van der Waals surface area contributed by atoms with Crippen LogP contribution in [0, 0.1) is 0 Å². The first-order valence-electron chi connectivity index (χ1n) is 2.99. The summed E-state index contributed by atoms with van der Waals surface area (Å²) < 4.78 is 21.9. The van der Waals surface area contributed by atoms with E-state index in [0.29, 0.717) is 0 Å². The number of hydrogen-bond donors (Lipinski definition) is 0. The molecule has 8 heteroatoms. The Balaban J connectivity index is 0. The molecular weight excluding hydrogens is 228 g/mol. The number of nitrogens with zero attached hydrogens (tertiary/aromatic N) is 1. The molecule has 1 heterocycles. The summed E-state index contributed by atoms with van der Waals surface area (Å²) in [6.45, 7) is 0. The van der Waals surface area contributed by atoms with E-state index < -0.39 is 17.0 Å². The van der Waals surface area contributed by atoms with Gasteiger partial charge >= 0.3 is 59.1 Å². The fraction of sp³-hybridized carbons (Fsp3) is 0.167. The van der Waals surface area contributed by atoms with Crippen LogP contribution >= 0.6 is 0 Å². The summed E-state index contributed by atoms with van der Waals surface area (Å²) in [5.74, 6) is -1.39. The smallest absolute Gasteiger partial charge is 0.768 e. The average molecular weight is 233 g/mol. The minimum absolute atomic E-state index is 0. The van der Waals surface area contributed by atoms with Crippen molar-refractivity contribution in [2.45, 2.75) is 4.90 Å². The van der Waals surface area contributed by atoms with Gasteiger partial charge in [0.05, 0.1) is 11.7 Å². The molecule has 14 heavy (non-hydrogen) atoms. The van der Waals surface area contributed by atoms with Gasteiger partial charge in [0.25, 0.3) is 0 Å². The van der Waals surface area contributed by atoms with Gasteiger partial charge < -0.3 is 19.0 Å². The third kappa shape index (κ3) is 4.16. The summed E-state index contributed by atoms with van der Waals surface area (Å²) in [4.78, 5) is 10.3. The van der Waals surface area contributed by atoms with Crippen molar-refractivity contribution in [1.82, 2.24) is 4.57 Å². The van der Waals surface area contributed by atoms with E-state index in [4.69, 9.17) is 0 Å². The van der Waals surface area contributed by atoms with Crippen LogP contribution in [0.2, 0.25) is 0 Å². The summed E-state index contributed by atoms with van der Waals surface area (Å²) in [6.07, 6.45) is 1.20. The zero-order valence-corrected chi connectivity index (χ0v) is 13.0. The number of aryl methyl sites for hydroxylation is 1. The van der Waals surface area contributed by atoms with E-state index in [2.05, 4.69) is 0 Å². The summed E-state index contributed by atoms with van der Waals surface area (Å²) in [7, 11) is 1.43. The number of carboxylic acids is 1. The summed E-state index contributed by atoms with van der Waals surface area (Å²) in [5, 5.41) is 10.3. The predicted octanol–water partition coefficient (Wildman–Crippen LogP) is -7.37. The first kappa shape index (κ1) is 17.3. The fourth-order valence-electron chi connectivity index (χ4n) is 0.828. The van der Waals surface area contributed by atoms with Crippen molar-refractivity contribution in [2.75, 3.05) is 0 Å². The van der Waals surface area contributed by atoms with E-state index in [1.165, 1.54) is 17.8 Å².